The molecule has 0 unspecified atom stereocenters. The summed E-state index contributed by atoms with van der Waals surface area (Å²) in [6.45, 7) is 10.5. The molecule has 0 radical (unpaired) electrons. The van der Waals surface area contributed by atoms with Gasteiger partial charge in [-0.25, -0.2) is 23.5 Å². The molecule has 43 heavy (non-hydrogen) atoms. The van der Waals surface area contributed by atoms with Crippen molar-refractivity contribution >= 4 is 34.2 Å². The van der Waals surface area contributed by atoms with Gasteiger partial charge < -0.3 is 14.5 Å². The van der Waals surface area contributed by atoms with Crippen LogP contribution in [0.3, 0.4) is 0 Å². The molecule has 4 heterocycles. The highest BCUT2D eigenvalue weighted by Crippen LogP contribution is 2.49. The van der Waals surface area contributed by atoms with E-state index >= 15 is 4.39 Å². The lowest BCUT2D eigenvalue weighted by Crippen LogP contribution is -2.54. The van der Waals surface area contributed by atoms with Gasteiger partial charge >= 0.3 is 5.69 Å². The van der Waals surface area contributed by atoms with Crippen LogP contribution in [0.4, 0.5) is 14.6 Å². The van der Waals surface area contributed by atoms with Crippen molar-refractivity contribution in [2.75, 3.05) is 24.5 Å². The maximum Gasteiger partial charge on any atom is 0.354 e. The zero-order valence-electron chi connectivity index (χ0n) is 24.0. The smallest absolute Gasteiger partial charge is 0.354 e. The van der Waals surface area contributed by atoms with E-state index in [-0.39, 0.29) is 40.5 Å². The Hall–Kier alpha value is -4.38. The molecule has 222 valence electrons. The summed E-state index contributed by atoms with van der Waals surface area (Å²) in [4.78, 5) is 43.6. The van der Waals surface area contributed by atoms with Gasteiger partial charge in [-0.3, -0.25) is 9.36 Å². The first kappa shape index (κ1) is 28.7. The normalized spacial score (nSPS) is 16.1. The van der Waals surface area contributed by atoms with Crippen molar-refractivity contribution in [3.05, 3.63) is 81.3 Å². The van der Waals surface area contributed by atoms with Crippen LogP contribution in [0.5, 0.6) is 5.75 Å². The molecule has 12 heteroatoms. The van der Waals surface area contributed by atoms with Gasteiger partial charge in [0.15, 0.2) is 17.4 Å². The number of hydrogen-bond donors (Lipinski definition) is 0. The van der Waals surface area contributed by atoms with Crippen LogP contribution in [0, 0.1) is 11.6 Å². The van der Waals surface area contributed by atoms with Crippen LogP contribution < -0.4 is 15.3 Å². The van der Waals surface area contributed by atoms with Gasteiger partial charge in [-0.05, 0) is 38.0 Å². The molecule has 1 atom stereocenters. The summed E-state index contributed by atoms with van der Waals surface area (Å²) in [5, 5.41) is 0.594. The summed E-state index contributed by atoms with van der Waals surface area (Å²) in [5.74, 6) is -1.76. The third kappa shape index (κ3) is 4.53. The van der Waals surface area contributed by atoms with Crippen molar-refractivity contribution in [1.29, 1.82) is 0 Å². The molecular formula is C31H29ClF2N6O3. The number of piperazine rings is 1. The third-order valence-electron chi connectivity index (χ3n) is 8.12. The van der Waals surface area contributed by atoms with E-state index in [1.54, 1.807) is 11.0 Å². The maximum absolute atomic E-state index is 15.4. The predicted octanol–water partition coefficient (Wildman–Crippen LogP) is 5.01. The first-order chi connectivity index (χ1) is 20.7. The molecule has 2 aromatic carbocycles. The summed E-state index contributed by atoms with van der Waals surface area (Å²) in [6.07, 6.45) is 3.73. The van der Waals surface area contributed by atoms with Gasteiger partial charge in [0, 0.05) is 47.8 Å². The second-order valence-corrected chi connectivity index (χ2v) is 11.0. The number of hydrogen-bond acceptors (Lipinski definition) is 7. The second kappa shape index (κ2) is 11.0. The summed E-state index contributed by atoms with van der Waals surface area (Å²) in [7, 11) is 0. The van der Waals surface area contributed by atoms with Crippen LogP contribution in [-0.4, -0.2) is 56.0 Å². The number of carbonyl (C=O) groups excluding carboxylic acids is 1. The van der Waals surface area contributed by atoms with E-state index in [1.165, 1.54) is 23.0 Å². The van der Waals surface area contributed by atoms with E-state index in [2.05, 4.69) is 21.5 Å². The topological polar surface area (TPSA) is 93.5 Å². The number of benzene rings is 2. The number of rotatable bonds is 5. The van der Waals surface area contributed by atoms with E-state index in [9.17, 15) is 14.0 Å². The van der Waals surface area contributed by atoms with E-state index in [4.69, 9.17) is 16.3 Å². The fourth-order valence-corrected chi connectivity index (χ4v) is 6.36. The number of ether oxygens (including phenoxy) is 1. The number of anilines is 1. The van der Waals surface area contributed by atoms with Crippen molar-refractivity contribution in [3.8, 4) is 22.6 Å². The zero-order valence-corrected chi connectivity index (χ0v) is 24.7. The van der Waals surface area contributed by atoms with Crippen LogP contribution in [0.15, 0.2) is 42.0 Å². The van der Waals surface area contributed by atoms with Gasteiger partial charge in [0.2, 0.25) is 5.91 Å². The second-order valence-electron chi connectivity index (χ2n) is 10.5. The summed E-state index contributed by atoms with van der Waals surface area (Å²) in [5.41, 5.74) is 1.97. The molecule has 0 bridgehead atoms. The number of nitrogens with zero attached hydrogens (tertiary/aromatic N) is 6. The highest BCUT2D eigenvalue weighted by Gasteiger charge is 2.34. The molecule has 1 saturated heterocycles. The van der Waals surface area contributed by atoms with Gasteiger partial charge in [0.25, 0.3) is 0 Å². The van der Waals surface area contributed by atoms with Crippen molar-refractivity contribution in [2.45, 2.75) is 46.3 Å². The molecule has 1 fully saturated rings. The van der Waals surface area contributed by atoms with E-state index in [0.29, 0.717) is 71.8 Å². The van der Waals surface area contributed by atoms with Crippen molar-refractivity contribution in [1.82, 2.24) is 24.4 Å². The number of amides is 1. The van der Waals surface area contributed by atoms with Crippen LogP contribution in [0.2, 0.25) is 5.02 Å². The monoisotopic (exact) mass is 606 g/mol. The van der Waals surface area contributed by atoms with Crippen LogP contribution in [-0.2, 0) is 24.2 Å². The molecule has 2 aliphatic heterocycles. The Bertz CT molecular complexity index is 1860. The fourth-order valence-electron chi connectivity index (χ4n) is 6.07. The minimum absolute atomic E-state index is 0.00817. The number of aromatic nitrogens is 4. The van der Waals surface area contributed by atoms with Gasteiger partial charge in [-0.15, -0.1) is 0 Å². The minimum atomic E-state index is -1.05. The molecule has 6 rings (SSSR count). The quantitative estimate of drug-likeness (QED) is 0.295. The van der Waals surface area contributed by atoms with Crippen LogP contribution in [0.25, 0.3) is 27.7 Å². The molecule has 0 saturated carbocycles. The summed E-state index contributed by atoms with van der Waals surface area (Å²) < 4.78 is 37.6. The molecule has 2 aliphatic rings. The lowest BCUT2D eigenvalue weighted by molar-refractivity contribution is -0.126. The van der Waals surface area contributed by atoms with E-state index in [0.717, 1.165) is 6.07 Å². The number of halogens is 3. The van der Waals surface area contributed by atoms with E-state index in [1.807, 2.05) is 25.7 Å². The molecule has 4 aromatic rings. The van der Waals surface area contributed by atoms with Crippen molar-refractivity contribution in [3.63, 3.8) is 0 Å². The SMILES string of the molecule is C=CC(=O)N1CCN(c2nc(=O)n(-c3c(CC)ncnc3CC)c3c4c(c(Cl)cc23)-c2c(ccc(F)c2F)CO4)[C@@H](C)C1. The summed E-state index contributed by atoms with van der Waals surface area (Å²) >= 11 is 6.87. The average molecular weight is 607 g/mol. The lowest BCUT2D eigenvalue weighted by Gasteiger charge is -2.40. The maximum atomic E-state index is 15.4. The highest BCUT2D eigenvalue weighted by atomic mass is 35.5. The molecule has 0 spiro atoms. The number of aryl methyl sites for hydroxylation is 2. The highest BCUT2D eigenvalue weighted by molar-refractivity contribution is 6.35. The van der Waals surface area contributed by atoms with E-state index < -0.39 is 17.3 Å². The van der Waals surface area contributed by atoms with Crippen LogP contribution in [0.1, 0.15) is 37.7 Å². The summed E-state index contributed by atoms with van der Waals surface area (Å²) in [6, 6.07) is 3.91. The zero-order chi connectivity index (χ0) is 30.6. The van der Waals surface area contributed by atoms with Gasteiger partial charge in [-0.1, -0.05) is 38.1 Å². The van der Waals surface area contributed by atoms with Crippen molar-refractivity contribution < 1.29 is 18.3 Å². The molecular weight excluding hydrogens is 578 g/mol. The third-order valence-corrected chi connectivity index (χ3v) is 8.42. The number of carbonyl (C=O) groups is 1. The predicted molar refractivity (Wildman–Crippen MR) is 160 cm³/mol. The van der Waals surface area contributed by atoms with Gasteiger partial charge in [-0.2, -0.15) is 4.98 Å². The molecule has 9 nitrogen and oxygen atoms in total. The first-order valence-electron chi connectivity index (χ1n) is 14.1. The Morgan fingerprint density at radius 2 is 1.88 bits per heavy atom. The minimum Gasteiger partial charge on any atom is -0.486 e. The lowest BCUT2D eigenvalue weighted by atomic mass is 9.94. The van der Waals surface area contributed by atoms with Gasteiger partial charge in [0.1, 0.15) is 24.3 Å². The molecule has 0 aliphatic carbocycles. The fraction of sp³-hybridized carbons (Fsp3) is 0.323. The molecule has 2 aromatic heterocycles. The Balaban J connectivity index is 1.71. The largest absolute Gasteiger partial charge is 0.486 e. The van der Waals surface area contributed by atoms with Crippen LogP contribution >= 0.6 is 11.6 Å². The molecule has 1 amide bonds. The Kier molecular flexibility index (Phi) is 7.37. The van der Waals surface area contributed by atoms with Crippen molar-refractivity contribution in [2.24, 2.45) is 0 Å². The Labute approximate surface area is 251 Å². The first-order valence-corrected chi connectivity index (χ1v) is 14.5. The number of fused-ring (bicyclic) bond motifs is 5. The Morgan fingerprint density at radius 1 is 1.16 bits per heavy atom. The average Bonchev–Trinajstić information content (AvgIpc) is 3.01. The standard InChI is InChI=1S/C31H29ClF2N6O3/c1-5-21-28(22(6-2)36-15-35-21)40-27-18(30(37-31(40)42)39-11-10-38(13-16(39)4)23(41)7-3)12-19(32)25-24-17(14-43-29(25)27)8-9-20(33)26(24)34/h7-9,12,15-16H,3,5-6,10-11,13-14H2,1-2,4H3/t16-/m0/s1. The molecule has 0 N–H and O–H groups in total. The van der Waals surface area contributed by atoms with Gasteiger partial charge in [0.05, 0.1) is 22.1 Å². The Morgan fingerprint density at radius 3 is 2.53 bits per heavy atom.